The summed E-state index contributed by atoms with van der Waals surface area (Å²) in [5.74, 6) is 0.208. The van der Waals surface area contributed by atoms with Gasteiger partial charge in [-0.25, -0.2) is 23.1 Å². The van der Waals surface area contributed by atoms with Crippen LogP contribution in [-0.2, 0) is 16.9 Å². The quantitative estimate of drug-likeness (QED) is 0.403. The molecular formula is C25H21N5O4S. The summed E-state index contributed by atoms with van der Waals surface area (Å²) in [6.45, 7) is 1.88. The Bertz CT molecular complexity index is 1720. The average Bonchev–Trinajstić information content (AvgIpc) is 3.21. The van der Waals surface area contributed by atoms with Crippen molar-refractivity contribution >= 4 is 20.9 Å². The zero-order valence-electron chi connectivity index (χ0n) is 19.2. The Labute approximate surface area is 201 Å². The zero-order chi connectivity index (χ0) is 24.7. The number of benzene rings is 2. The van der Waals surface area contributed by atoms with Crippen LogP contribution >= 0.6 is 0 Å². The van der Waals surface area contributed by atoms with Gasteiger partial charge in [0.2, 0.25) is 15.7 Å². The van der Waals surface area contributed by atoms with Gasteiger partial charge >= 0.3 is 0 Å². The van der Waals surface area contributed by atoms with Crippen molar-refractivity contribution in [3.63, 3.8) is 0 Å². The number of aromatic nitrogens is 5. The van der Waals surface area contributed by atoms with Crippen molar-refractivity contribution < 1.29 is 13.2 Å². The van der Waals surface area contributed by atoms with Gasteiger partial charge in [0.05, 0.1) is 17.6 Å². The monoisotopic (exact) mass is 487 g/mol. The van der Waals surface area contributed by atoms with E-state index < -0.39 is 9.84 Å². The third-order valence-electron chi connectivity index (χ3n) is 5.63. The summed E-state index contributed by atoms with van der Waals surface area (Å²) < 4.78 is 33.1. The molecule has 0 amide bonds. The SMILES string of the molecule is COc1nc(S(=O)(=O)c2ccc(C)cc2)ccc1-c1nc2c(c(-c3ccccc3)nn2C)c(=O)[nH]1. The topological polar surface area (TPSA) is 120 Å². The number of aryl methyl sites for hydroxylation is 2. The second-order valence-electron chi connectivity index (χ2n) is 7.97. The zero-order valence-corrected chi connectivity index (χ0v) is 20.0. The molecule has 5 rings (SSSR count). The van der Waals surface area contributed by atoms with Crippen molar-refractivity contribution in [2.24, 2.45) is 7.05 Å². The molecule has 0 spiro atoms. The molecule has 9 nitrogen and oxygen atoms in total. The first kappa shape index (κ1) is 22.5. The lowest BCUT2D eigenvalue weighted by Gasteiger charge is -2.10. The molecule has 0 radical (unpaired) electrons. The maximum absolute atomic E-state index is 13.1. The highest BCUT2D eigenvalue weighted by molar-refractivity contribution is 7.91. The highest BCUT2D eigenvalue weighted by Crippen LogP contribution is 2.31. The predicted octanol–water partition coefficient (Wildman–Crippen LogP) is 3.54. The summed E-state index contributed by atoms with van der Waals surface area (Å²) >= 11 is 0. The molecule has 2 aromatic carbocycles. The third-order valence-corrected chi connectivity index (χ3v) is 7.30. The number of nitrogens with zero attached hydrogens (tertiary/aromatic N) is 4. The van der Waals surface area contributed by atoms with E-state index in [1.54, 1.807) is 19.2 Å². The highest BCUT2D eigenvalue weighted by Gasteiger charge is 2.23. The van der Waals surface area contributed by atoms with Crippen LogP contribution in [0.15, 0.2) is 81.4 Å². The number of pyridine rings is 1. The Hall–Kier alpha value is -4.31. The van der Waals surface area contributed by atoms with Crippen molar-refractivity contribution in [2.45, 2.75) is 16.8 Å². The Balaban J connectivity index is 1.63. The maximum atomic E-state index is 13.1. The largest absolute Gasteiger partial charge is 0.480 e. The molecule has 0 saturated heterocycles. The molecule has 5 aromatic rings. The van der Waals surface area contributed by atoms with Crippen LogP contribution in [0.5, 0.6) is 5.88 Å². The fourth-order valence-electron chi connectivity index (χ4n) is 3.83. The fourth-order valence-corrected chi connectivity index (χ4v) is 5.02. The van der Waals surface area contributed by atoms with Crippen LogP contribution in [0.4, 0.5) is 0 Å². The van der Waals surface area contributed by atoms with Gasteiger partial charge in [-0.15, -0.1) is 0 Å². The Kier molecular flexibility index (Phi) is 5.45. The number of aromatic amines is 1. The van der Waals surface area contributed by atoms with E-state index in [2.05, 4.69) is 20.1 Å². The minimum Gasteiger partial charge on any atom is -0.480 e. The van der Waals surface area contributed by atoms with E-state index >= 15 is 0 Å². The molecule has 3 aromatic heterocycles. The summed E-state index contributed by atoms with van der Waals surface area (Å²) in [6.07, 6.45) is 0. The molecule has 0 aliphatic carbocycles. The first-order valence-electron chi connectivity index (χ1n) is 10.7. The summed E-state index contributed by atoms with van der Waals surface area (Å²) in [4.78, 5) is 24.8. The van der Waals surface area contributed by atoms with Crippen LogP contribution < -0.4 is 10.3 Å². The van der Waals surface area contributed by atoms with Crippen LogP contribution in [0.1, 0.15) is 5.56 Å². The van der Waals surface area contributed by atoms with Crippen molar-refractivity contribution in [3.05, 3.63) is 82.6 Å². The molecule has 0 atom stereocenters. The van der Waals surface area contributed by atoms with E-state index in [9.17, 15) is 13.2 Å². The Morgan fingerprint density at radius 2 is 1.66 bits per heavy atom. The lowest BCUT2D eigenvalue weighted by atomic mass is 10.1. The standard InChI is InChI=1S/C25H21N5O4S/c1-15-9-11-17(12-10-15)35(32,33)19-14-13-18(25(26-19)34-3)22-27-23-20(24(31)28-22)21(29-30(23)2)16-7-5-4-6-8-16/h4-14H,1-3H3,(H,27,28,31). The minimum absolute atomic E-state index is 0.0196. The van der Waals surface area contributed by atoms with Gasteiger partial charge in [0.15, 0.2) is 10.7 Å². The van der Waals surface area contributed by atoms with Crippen LogP contribution in [0, 0.1) is 6.92 Å². The molecule has 176 valence electrons. The van der Waals surface area contributed by atoms with Gasteiger partial charge in [0.1, 0.15) is 16.9 Å². The molecule has 0 aliphatic rings. The fraction of sp³-hybridized carbons (Fsp3) is 0.120. The van der Waals surface area contributed by atoms with E-state index in [0.29, 0.717) is 22.3 Å². The van der Waals surface area contributed by atoms with E-state index in [4.69, 9.17) is 4.74 Å². The maximum Gasteiger partial charge on any atom is 0.262 e. The second kappa shape index (κ2) is 8.48. The van der Waals surface area contributed by atoms with Gasteiger partial charge in [-0.05, 0) is 31.2 Å². The lowest BCUT2D eigenvalue weighted by molar-refractivity contribution is 0.395. The van der Waals surface area contributed by atoms with Crippen LogP contribution in [0.2, 0.25) is 0 Å². The smallest absolute Gasteiger partial charge is 0.262 e. The van der Waals surface area contributed by atoms with Crippen molar-refractivity contribution in [1.29, 1.82) is 0 Å². The molecule has 0 bridgehead atoms. The summed E-state index contributed by atoms with van der Waals surface area (Å²) in [5, 5.41) is 4.68. The number of hydrogen-bond acceptors (Lipinski definition) is 7. The van der Waals surface area contributed by atoms with E-state index in [-0.39, 0.29) is 27.2 Å². The van der Waals surface area contributed by atoms with Crippen molar-refractivity contribution in [2.75, 3.05) is 7.11 Å². The normalized spacial score (nSPS) is 11.6. The molecule has 0 unspecified atom stereocenters. The molecule has 0 saturated carbocycles. The Morgan fingerprint density at radius 3 is 2.34 bits per heavy atom. The summed E-state index contributed by atoms with van der Waals surface area (Å²) in [7, 11) is -0.778. The van der Waals surface area contributed by atoms with Gasteiger partial charge in [-0.2, -0.15) is 5.10 Å². The molecule has 35 heavy (non-hydrogen) atoms. The van der Waals surface area contributed by atoms with Crippen LogP contribution in [0.3, 0.4) is 0 Å². The number of hydrogen-bond donors (Lipinski definition) is 1. The number of ether oxygens (including phenoxy) is 1. The molecule has 0 aliphatic heterocycles. The summed E-state index contributed by atoms with van der Waals surface area (Å²) in [5.41, 5.74) is 2.60. The van der Waals surface area contributed by atoms with Crippen LogP contribution in [-0.4, -0.2) is 40.3 Å². The first-order chi connectivity index (χ1) is 16.8. The van der Waals surface area contributed by atoms with E-state index in [1.165, 1.54) is 36.1 Å². The second-order valence-corrected chi connectivity index (χ2v) is 9.87. The third kappa shape index (κ3) is 3.87. The lowest BCUT2D eigenvalue weighted by Crippen LogP contribution is -2.12. The number of rotatable bonds is 5. The molecule has 0 fully saturated rings. The highest BCUT2D eigenvalue weighted by atomic mass is 32.2. The molecule has 3 heterocycles. The van der Waals surface area contributed by atoms with Gasteiger partial charge in [0, 0.05) is 12.6 Å². The summed E-state index contributed by atoms with van der Waals surface area (Å²) in [6, 6.07) is 18.8. The number of sulfone groups is 1. The number of methoxy groups -OCH3 is 1. The van der Waals surface area contributed by atoms with Gasteiger partial charge in [0.25, 0.3) is 5.56 Å². The molecule has 10 heteroatoms. The van der Waals surface area contributed by atoms with E-state index in [1.807, 2.05) is 37.3 Å². The average molecular weight is 488 g/mol. The Morgan fingerprint density at radius 1 is 0.943 bits per heavy atom. The van der Waals surface area contributed by atoms with Crippen molar-refractivity contribution in [3.8, 4) is 28.5 Å². The van der Waals surface area contributed by atoms with E-state index in [0.717, 1.165) is 11.1 Å². The van der Waals surface area contributed by atoms with Gasteiger partial charge in [-0.3, -0.25) is 4.79 Å². The van der Waals surface area contributed by atoms with Gasteiger partial charge in [-0.1, -0.05) is 48.0 Å². The number of H-pyrrole nitrogens is 1. The van der Waals surface area contributed by atoms with Gasteiger partial charge < -0.3 is 9.72 Å². The minimum atomic E-state index is -3.86. The number of nitrogens with one attached hydrogen (secondary N) is 1. The van der Waals surface area contributed by atoms with Crippen LogP contribution in [0.25, 0.3) is 33.7 Å². The molecule has 1 N–H and O–H groups in total. The van der Waals surface area contributed by atoms with Crippen molar-refractivity contribution in [1.82, 2.24) is 24.7 Å². The first-order valence-corrected chi connectivity index (χ1v) is 12.2. The molecular weight excluding hydrogens is 466 g/mol. The number of fused-ring (bicyclic) bond motifs is 1. The predicted molar refractivity (Wildman–Crippen MR) is 131 cm³/mol.